The Bertz CT molecular complexity index is 388. The lowest BCUT2D eigenvalue weighted by Gasteiger charge is -2.03. The molecule has 2 heterocycles. The molecule has 0 spiro atoms. The molecule has 64 valence electrons. The molecule has 4 heteroatoms. The lowest BCUT2D eigenvalue weighted by Crippen LogP contribution is -2.11. The van der Waals surface area contributed by atoms with Crippen LogP contribution < -0.4 is 11.2 Å². The number of aromatic nitrogens is 1. The second-order valence-electron chi connectivity index (χ2n) is 2.60. The smallest absolute Gasteiger partial charge is 0.0821 e. The van der Waals surface area contributed by atoms with Gasteiger partial charge in [-0.2, -0.15) is 0 Å². The average Bonchev–Trinajstić information content (AvgIpc) is 2.58. The van der Waals surface area contributed by atoms with Gasteiger partial charge < -0.3 is 11.2 Å². The zero-order valence-electron chi connectivity index (χ0n) is 6.87. The second kappa shape index (κ2) is 2.71. The maximum Gasteiger partial charge on any atom is 0.0821 e. The Kier molecular flexibility index (Phi) is 1.69. The largest absolute Gasteiger partial charge is 0.396 e. The number of hydrogen-bond donors (Lipinski definition) is 2. The Hall–Kier alpha value is -1.16. The van der Waals surface area contributed by atoms with Crippen molar-refractivity contribution < 1.29 is 0 Å². The molecule has 2 rings (SSSR count). The SMILES string of the molecule is CCNn1cc(N)c2sccc21. The molecule has 2 aromatic rings. The molecule has 0 bridgehead atoms. The van der Waals surface area contributed by atoms with E-state index in [1.54, 1.807) is 11.3 Å². The molecule has 3 nitrogen and oxygen atoms in total. The van der Waals surface area contributed by atoms with E-state index in [1.807, 2.05) is 10.9 Å². The molecule has 0 fully saturated rings. The minimum Gasteiger partial charge on any atom is -0.396 e. The molecule has 2 aromatic heterocycles. The van der Waals surface area contributed by atoms with Crippen molar-refractivity contribution >= 4 is 27.2 Å². The van der Waals surface area contributed by atoms with Gasteiger partial charge in [0.25, 0.3) is 0 Å². The number of nitrogen functional groups attached to an aromatic ring is 1. The zero-order valence-corrected chi connectivity index (χ0v) is 7.69. The molecule has 0 saturated heterocycles. The second-order valence-corrected chi connectivity index (χ2v) is 3.52. The van der Waals surface area contributed by atoms with Gasteiger partial charge in [-0.3, -0.25) is 4.68 Å². The fourth-order valence-electron chi connectivity index (χ4n) is 1.28. The maximum absolute atomic E-state index is 5.80. The molecule has 0 atom stereocenters. The molecule has 3 N–H and O–H groups in total. The summed E-state index contributed by atoms with van der Waals surface area (Å²) in [6, 6.07) is 2.07. The van der Waals surface area contributed by atoms with Gasteiger partial charge in [-0.25, -0.2) is 0 Å². The van der Waals surface area contributed by atoms with Crippen LogP contribution in [0.2, 0.25) is 0 Å². The third kappa shape index (κ3) is 0.956. The summed E-state index contributed by atoms with van der Waals surface area (Å²) in [5.41, 5.74) is 11.0. The number of anilines is 1. The Labute approximate surface area is 74.8 Å². The fraction of sp³-hybridized carbons (Fsp3) is 0.250. The van der Waals surface area contributed by atoms with Crippen LogP contribution in [0.25, 0.3) is 10.2 Å². The average molecular weight is 181 g/mol. The predicted molar refractivity (Wildman–Crippen MR) is 54.1 cm³/mol. The summed E-state index contributed by atoms with van der Waals surface area (Å²) >= 11 is 1.67. The summed E-state index contributed by atoms with van der Waals surface area (Å²) < 4.78 is 3.14. The van der Waals surface area contributed by atoms with Crippen LogP contribution in [0, 0.1) is 0 Å². The number of nitrogens with one attached hydrogen (secondary N) is 1. The van der Waals surface area contributed by atoms with Crippen molar-refractivity contribution in [3.8, 4) is 0 Å². The molecule has 0 aromatic carbocycles. The molecule has 0 aliphatic carbocycles. The molecule has 0 amide bonds. The van der Waals surface area contributed by atoms with Crippen LogP contribution in [0.15, 0.2) is 17.6 Å². The van der Waals surface area contributed by atoms with Gasteiger partial charge in [-0.05, 0) is 18.4 Å². The van der Waals surface area contributed by atoms with Gasteiger partial charge >= 0.3 is 0 Å². The Morgan fingerprint density at radius 2 is 2.50 bits per heavy atom. The molecular weight excluding hydrogens is 170 g/mol. The van der Waals surface area contributed by atoms with Gasteiger partial charge in [0.2, 0.25) is 0 Å². The number of thiophene rings is 1. The molecule has 0 unspecified atom stereocenters. The molecular formula is C8H11N3S. The Morgan fingerprint density at radius 3 is 3.25 bits per heavy atom. The number of nitrogens with zero attached hydrogens (tertiary/aromatic N) is 1. The summed E-state index contributed by atoms with van der Waals surface area (Å²) in [6.07, 6.45) is 1.92. The van der Waals surface area contributed by atoms with Crippen LogP contribution in [-0.4, -0.2) is 11.2 Å². The molecule has 12 heavy (non-hydrogen) atoms. The summed E-state index contributed by atoms with van der Waals surface area (Å²) in [6.45, 7) is 2.97. The van der Waals surface area contributed by atoms with Crippen LogP contribution in [-0.2, 0) is 0 Å². The first-order valence-corrected chi connectivity index (χ1v) is 4.78. The minimum atomic E-state index is 0.848. The summed E-state index contributed by atoms with van der Waals surface area (Å²) in [4.78, 5) is 0. The van der Waals surface area contributed by atoms with E-state index in [2.05, 4.69) is 23.8 Å². The standard InChI is InChI=1S/C8H11N3S/c1-2-10-11-5-6(9)8-7(11)3-4-12-8/h3-5,10H,2,9H2,1H3. The first-order chi connectivity index (χ1) is 5.83. The van der Waals surface area contributed by atoms with Gasteiger partial charge in [0.15, 0.2) is 0 Å². The van der Waals surface area contributed by atoms with E-state index in [0.717, 1.165) is 16.9 Å². The van der Waals surface area contributed by atoms with E-state index in [1.165, 1.54) is 5.52 Å². The van der Waals surface area contributed by atoms with Crippen LogP contribution in [0.4, 0.5) is 5.69 Å². The molecule has 0 aliphatic heterocycles. The van der Waals surface area contributed by atoms with Crippen molar-refractivity contribution in [2.24, 2.45) is 0 Å². The first kappa shape index (κ1) is 7.49. The van der Waals surface area contributed by atoms with E-state index < -0.39 is 0 Å². The van der Waals surface area contributed by atoms with Crippen molar-refractivity contribution in [3.05, 3.63) is 17.6 Å². The highest BCUT2D eigenvalue weighted by atomic mass is 32.1. The van der Waals surface area contributed by atoms with Crippen LogP contribution >= 0.6 is 11.3 Å². The van der Waals surface area contributed by atoms with Crippen LogP contribution in [0.5, 0.6) is 0 Å². The summed E-state index contributed by atoms with van der Waals surface area (Å²) in [7, 11) is 0. The zero-order chi connectivity index (χ0) is 8.55. The topological polar surface area (TPSA) is 43.0 Å². The van der Waals surface area contributed by atoms with Gasteiger partial charge in [-0.15, -0.1) is 11.3 Å². The normalized spacial score (nSPS) is 10.8. The van der Waals surface area contributed by atoms with Crippen molar-refractivity contribution in [2.75, 3.05) is 17.7 Å². The highest BCUT2D eigenvalue weighted by Crippen LogP contribution is 2.27. The van der Waals surface area contributed by atoms with E-state index >= 15 is 0 Å². The highest BCUT2D eigenvalue weighted by molar-refractivity contribution is 7.17. The highest BCUT2D eigenvalue weighted by Gasteiger charge is 2.05. The third-order valence-corrected chi connectivity index (χ3v) is 2.72. The van der Waals surface area contributed by atoms with Crippen molar-refractivity contribution in [2.45, 2.75) is 6.92 Å². The van der Waals surface area contributed by atoms with Gasteiger partial charge in [0.05, 0.1) is 22.1 Å². The number of rotatable bonds is 2. The molecule has 0 radical (unpaired) electrons. The Morgan fingerprint density at radius 1 is 1.67 bits per heavy atom. The van der Waals surface area contributed by atoms with E-state index in [-0.39, 0.29) is 0 Å². The minimum absolute atomic E-state index is 0.848. The van der Waals surface area contributed by atoms with Gasteiger partial charge in [-0.1, -0.05) is 0 Å². The quantitative estimate of drug-likeness (QED) is 0.742. The summed E-state index contributed by atoms with van der Waals surface area (Å²) in [5.74, 6) is 0. The monoisotopic (exact) mass is 181 g/mol. The van der Waals surface area contributed by atoms with E-state index in [4.69, 9.17) is 5.73 Å². The maximum atomic E-state index is 5.80. The van der Waals surface area contributed by atoms with E-state index in [0.29, 0.717) is 0 Å². The number of fused-ring (bicyclic) bond motifs is 1. The van der Waals surface area contributed by atoms with Crippen molar-refractivity contribution in [1.82, 2.24) is 4.68 Å². The summed E-state index contributed by atoms with van der Waals surface area (Å²) in [5, 5.41) is 2.05. The lowest BCUT2D eigenvalue weighted by molar-refractivity contribution is 0.903. The van der Waals surface area contributed by atoms with Crippen LogP contribution in [0.3, 0.4) is 0 Å². The number of hydrogen-bond acceptors (Lipinski definition) is 3. The van der Waals surface area contributed by atoms with Gasteiger partial charge in [0, 0.05) is 6.54 Å². The van der Waals surface area contributed by atoms with Crippen molar-refractivity contribution in [1.29, 1.82) is 0 Å². The van der Waals surface area contributed by atoms with Crippen LogP contribution in [0.1, 0.15) is 6.92 Å². The lowest BCUT2D eigenvalue weighted by atomic mass is 10.5. The molecule has 0 saturated carbocycles. The number of nitrogens with two attached hydrogens (primary N) is 1. The van der Waals surface area contributed by atoms with Crippen molar-refractivity contribution in [3.63, 3.8) is 0 Å². The van der Waals surface area contributed by atoms with Gasteiger partial charge in [0.1, 0.15) is 0 Å². The first-order valence-electron chi connectivity index (χ1n) is 3.91. The predicted octanol–water partition coefficient (Wildman–Crippen LogP) is 1.85. The Balaban J connectivity index is 2.59. The molecule has 0 aliphatic rings. The fourth-order valence-corrected chi connectivity index (χ4v) is 2.09. The van der Waals surface area contributed by atoms with E-state index in [9.17, 15) is 0 Å². The third-order valence-electron chi connectivity index (χ3n) is 1.76.